The van der Waals surface area contributed by atoms with E-state index in [1.165, 1.54) is 22.6 Å². The van der Waals surface area contributed by atoms with E-state index in [1.807, 2.05) is 18.4 Å². The lowest BCUT2D eigenvalue weighted by Gasteiger charge is -2.12. The van der Waals surface area contributed by atoms with E-state index < -0.39 is 0 Å². The van der Waals surface area contributed by atoms with Crippen LogP contribution in [0.5, 0.6) is 0 Å². The number of nitrogens with one attached hydrogen (secondary N) is 1. The third-order valence-corrected chi connectivity index (χ3v) is 3.14. The van der Waals surface area contributed by atoms with Crippen molar-refractivity contribution in [3.05, 3.63) is 21.9 Å². The first-order chi connectivity index (χ1) is 5.77. The van der Waals surface area contributed by atoms with Crippen molar-refractivity contribution in [2.75, 3.05) is 7.05 Å². The molecule has 0 radical (unpaired) electrons. The van der Waals surface area contributed by atoms with E-state index >= 15 is 0 Å². The maximum atomic E-state index is 3.34. The van der Waals surface area contributed by atoms with Crippen LogP contribution in [-0.4, -0.2) is 7.05 Å². The number of hydrogen-bond donors (Lipinski definition) is 1. The molecule has 0 aliphatic rings. The normalized spacial score (nSPS) is 13.2. The zero-order valence-corrected chi connectivity index (χ0v) is 8.87. The number of rotatable bonds is 4. The monoisotopic (exact) mass is 183 g/mol. The molecule has 1 aromatic rings. The first-order valence-corrected chi connectivity index (χ1v) is 5.33. The fraction of sp³-hybridized carbons (Fsp3) is 0.600. The van der Waals surface area contributed by atoms with Gasteiger partial charge in [0.25, 0.3) is 0 Å². The summed E-state index contributed by atoms with van der Waals surface area (Å²) in [5, 5.41) is 3.34. The third kappa shape index (κ3) is 2.32. The second-order valence-electron chi connectivity index (χ2n) is 3.08. The highest BCUT2D eigenvalue weighted by Crippen LogP contribution is 2.25. The van der Waals surface area contributed by atoms with Crippen molar-refractivity contribution < 1.29 is 0 Å². The fourth-order valence-corrected chi connectivity index (χ4v) is 2.38. The topological polar surface area (TPSA) is 12.0 Å². The van der Waals surface area contributed by atoms with Crippen molar-refractivity contribution in [1.29, 1.82) is 0 Å². The lowest BCUT2D eigenvalue weighted by atomic mass is 10.1. The lowest BCUT2D eigenvalue weighted by molar-refractivity contribution is 0.550. The summed E-state index contributed by atoms with van der Waals surface area (Å²) in [5.74, 6) is 0. The zero-order valence-electron chi connectivity index (χ0n) is 8.05. The quantitative estimate of drug-likeness (QED) is 0.756. The summed E-state index contributed by atoms with van der Waals surface area (Å²) in [6.45, 7) is 4.39. The Morgan fingerprint density at radius 1 is 1.50 bits per heavy atom. The molecule has 0 saturated heterocycles. The van der Waals surface area contributed by atoms with Crippen molar-refractivity contribution in [2.24, 2.45) is 0 Å². The van der Waals surface area contributed by atoms with Crippen molar-refractivity contribution >= 4 is 11.3 Å². The molecule has 2 heteroatoms. The second kappa shape index (κ2) is 4.63. The molecule has 1 nitrogen and oxygen atoms in total. The van der Waals surface area contributed by atoms with Crippen LogP contribution < -0.4 is 5.32 Å². The molecule has 1 aromatic heterocycles. The summed E-state index contributed by atoms with van der Waals surface area (Å²) in [4.78, 5) is 2.87. The van der Waals surface area contributed by atoms with Gasteiger partial charge >= 0.3 is 0 Å². The van der Waals surface area contributed by atoms with Gasteiger partial charge in [0.15, 0.2) is 0 Å². The molecule has 0 saturated carbocycles. The number of thiophene rings is 1. The molecule has 0 spiro atoms. The summed E-state index contributed by atoms with van der Waals surface area (Å²) in [5.41, 5.74) is 0. The molecule has 68 valence electrons. The van der Waals surface area contributed by atoms with Crippen LogP contribution in [0.25, 0.3) is 0 Å². The molecule has 0 bridgehead atoms. The van der Waals surface area contributed by atoms with Crippen molar-refractivity contribution in [1.82, 2.24) is 5.32 Å². The van der Waals surface area contributed by atoms with Gasteiger partial charge in [0.2, 0.25) is 0 Å². The van der Waals surface area contributed by atoms with E-state index in [0.29, 0.717) is 6.04 Å². The molecule has 0 aliphatic carbocycles. The maximum Gasteiger partial charge on any atom is 0.0412 e. The van der Waals surface area contributed by atoms with Crippen molar-refractivity contribution in [3.63, 3.8) is 0 Å². The van der Waals surface area contributed by atoms with Gasteiger partial charge in [-0.2, -0.15) is 0 Å². The molecule has 1 N–H and O–H groups in total. The van der Waals surface area contributed by atoms with Gasteiger partial charge < -0.3 is 5.32 Å². The van der Waals surface area contributed by atoms with Gasteiger partial charge in [-0.3, -0.25) is 0 Å². The first-order valence-electron chi connectivity index (χ1n) is 4.51. The molecule has 0 aromatic carbocycles. The van der Waals surface area contributed by atoms with Crippen LogP contribution in [-0.2, 0) is 0 Å². The highest BCUT2D eigenvalue weighted by molar-refractivity contribution is 7.12. The van der Waals surface area contributed by atoms with Gasteiger partial charge in [0.1, 0.15) is 0 Å². The zero-order chi connectivity index (χ0) is 8.97. The summed E-state index contributed by atoms with van der Waals surface area (Å²) >= 11 is 1.90. The van der Waals surface area contributed by atoms with E-state index in [2.05, 4.69) is 31.3 Å². The Balaban J connectivity index is 2.66. The van der Waals surface area contributed by atoms with E-state index in [0.717, 1.165) is 0 Å². The summed E-state index contributed by atoms with van der Waals surface area (Å²) in [6, 6.07) is 4.99. The molecule has 0 aliphatic heterocycles. The van der Waals surface area contributed by atoms with Crippen LogP contribution >= 0.6 is 11.3 Å². The highest BCUT2D eigenvalue weighted by atomic mass is 32.1. The average molecular weight is 183 g/mol. The van der Waals surface area contributed by atoms with Gasteiger partial charge in [-0.25, -0.2) is 0 Å². The van der Waals surface area contributed by atoms with E-state index in [-0.39, 0.29) is 0 Å². The molecule has 0 amide bonds. The highest BCUT2D eigenvalue weighted by Gasteiger charge is 2.08. The summed E-state index contributed by atoms with van der Waals surface area (Å²) in [6.07, 6.45) is 2.47. The molecular formula is C10H17NS. The van der Waals surface area contributed by atoms with Gasteiger partial charge in [-0.1, -0.05) is 13.3 Å². The molecule has 0 fully saturated rings. The van der Waals surface area contributed by atoms with Crippen LogP contribution in [0.2, 0.25) is 0 Å². The molecule has 12 heavy (non-hydrogen) atoms. The fourth-order valence-electron chi connectivity index (χ4n) is 1.36. The van der Waals surface area contributed by atoms with Gasteiger partial charge in [0.05, 0.1) is 0 Å². The third-order valence-electron chi connectivity index (χ3n) is 2.03. The number of hydrogen-bond acceptors (Lipinski definition) is 2. The minimum atomic E-state index is 0.564. The molecular weight excluding hydrogens is 166 g/mol. The summed E-state index contributed by atoms with van der Waals surface area (Å²) in [7, 11) is 2.04. The SMILES string of the molecule is CCCC(NC)c1ccc(C)s1. The predicted octanol–water partition coefficient (Wildman–Crippen LogP) is 3.12. The largest absolute Gasteiger partial charge is 0.312 e. The first kappa shape index (κ1) is 9.75. The van der Waals surface area contributed by atoms with Crippen LogP contribution in [0.4, 0.5) is 0 Å². The smallest absolute Gasteiger partial charge is 0.0412 e. The van der Waals surface area contributed by atoms with E-state index in [9.17, 15) is 0 Å². The maximum absolute atomic E-state index is 3.34. The standard InChI is InChI=1S/C10H17NS/c1-4-5-9(11-3)10-7-6-8(2)12-10/h6-7,9,11H,4-5H2,1-3H3. The Morgan fingerprint density at radius 2 is 2.25 bits per heavy atom. The van der Waals surface area contributed by atoms with Gasteiger partial charge in [0, 0.05) is 15.8 Å². The average Bonchev–Trinajstić information content (AvgIpc) is 2.47. The minimum absolute atomic E-state index is 0.564. The lowest BCUT2D eigenvalue weighted by Crippen LogP contribution is -2.14. The Kier molecular flexibility index (Phi) is 3.76. The molecule has 1 rings (SSSR count). The minimum Gasteiger partial charge on any atom is -0.312 e. The van der Waals surface area contributed by atoms with Crippen LogP contribution in [0, 0.1) is 6.92 Å². The van der Waals surface area contributed by atoms with Gasteiger partial charge in [-0.05, 0) is 32.5 Å². The van der Waals surface area contributed by atoms with Crippen LogP contribution in [0.15, 0.2) is 12.1 Å². The van der Waals surface area contributed by atoms with Crippen molar-refractivity contribution in [3.8, 4) is 0 Å². The van der Waals surface area contributed by atoms with E-state index in [4.69, 9.17) is 0 Å². The summed E-state index contributed by atoms with van der Waals surface area (Å²) < 4.78 is 0. The van der Waals surface area contributed by atoms with Gasteiger partial charge in [-0.15, -0.1) is 11.3 Å². The Bertz CT molecular complexity index is 229. The molecule has 1 unspecified atom stereocenters. The Labute approximate surface area is 78.8 Å². The van der Waals surface area contributed by atoms with Crippen molar-refractivity contribution in [2.45, 2.75) is 32.7 Å². The Hall–Kier alpha value is -0.340. The van der Waals surface area contributed by atoms with Crippen LogP contribution in [0.3, 0.4) is 0 Å². The number of aryl methyl sites for hydroxylation is 1. The van der Waals surface area contributed by atoms with E-state index in [1.54, 1.807) is 0 Å². The predicted molar refractivity (Wildman–Crippen MR) is 55.8 cm³/mol. The molecule has 1 heterocycles. The van der Waals surface area contributed by atoms with Crippen LogP contribution in [0.1, 0.15) is 35.6 Å². The Morgan fingerprint density at radius 3 is 2.67 bits per heavy atom. The molecule has 1 atom stereocenters. The second-order valence-corrected chi connectivity index (χ2v) is 4.40.